The number of nitrogens with zero attached hydrogens (tertiary/aromatic N) is 3. The zero-order valence-corrected chi connectivity index (χ0v) is 12.5. The summed E-state index contributed by atoms with van der Waals surface area (Å²) in [5.74, 6) is 0. The van der Waals surface area contributed by atoms with Crippen LogP contribution in [0, 0.1) is 11.3 Å². The lowest BCUT2D eigenvalue weighted by atomic mass is 10.2. The fraction of sp³-hybridized carbons (Fsp3) is 0. The molecule has 0 bridgehead atoms. The van der Waals surface area contributed by atoms with Crippen LogP contribution in [-0.2, 0) is 0 Å². The van der Waals surface area contributed by atoms with Gasteiger partial charge in [0.05, 0.1) is 10.6 Å². The molecule has 0 fully saturated rings. The van der Waals surface area contributed by atoms with Crippen LogP contribution in [0.25, 0.3) is 10.6 Å². The average Bonchev–Trinajstić information content (AvgIpc) is 3.12. The molecule has 1 aromatic carbocycles. The molecule has 0 atom stereocenters. The van der Waals surface area contributed by atoms with Gasteiger partial charge in [-0.2, -0.15) is 5.26 Å². The van der Waals surface area contributed by atoms with Crippen molar-refractivity contribution in [3.63, 3.8) is 0 Å². The van der Waals surface area contributed by atoms with Gasteiger partial charge in [-0.1, -0.05) is 53.3 Å². The first-order valence-corrected chi connectivity index (χ1v) is 7.79. The quantitative estimate of drug-likeness (QED) is 0.755. The van der Waals surface area contributed by atoms with Crippen LogP contribution in [0.4, 0.5) is 0 Å². The monoisotopic (exact) mass is 317 g/mol. The highest BCUT2D eigenvalue weighted by atomic mass is 35.5. The van der Waals surface area contributed by atoms with Gasteiger partial charge in [0.1, 0.15) is 11.8 Å². The number of aromatic nitrogens is 2. The number of thioether (sulfide) groups is 2. The van der Waals surface area contributed by atoms with Crippen molar-refractivity contribution in [2.24, 2.45) is 0 Å². The number of benzene rings is 1. The summed E-state index contributed by atoms with van der Waals surface area (Å²) in [5.41, 5.74) is 1.57. The molecule has 0 aliphatic carbocycles. The van der Waals surface area contributed by atoms with Gasteiger partial charge in [-0.25, -0.2) is 4.98 Å². The van der Waals surface area contributed by atoms with E-state index in [0.29, 0.717) is 10.7 Å². The summed E-state index contributed by atoms with van der Waals surface area (Å²) in [4.78, 5) is 5.03. The Morgan fingerprint density at radius 1 is 1.35 bits per heavy atom. The first kappa shape index (κ1) is 13.4. The minimum absolute atomic E-state index is 0.579. The van der Waals surface area contributed by atoms with Crippen LogP contribution in [0.1, 0.15) is 5.56 Å². The molecule has 3 rings (SSSR count). The number of imidazole rings is 1. The standard InChI is InChI=1S/C14H8ClN3S2/c15-11-4-2-1-3-10(11)13-8-19-14(20-13)12(7-16)18-6-5-17-9-18/h1-6,8-9H. The molecule has 0 saturated heterocycles. The molecule has 0 radical (unpaired) electrons. The van der Waals surface area contributed by atoms with Crippen molar-refractivity contribution >= 4 is 45.7 Å². The number of hydrogen-bond donors (Lipinski definition) is 0. The van der Waals surface area contributed by atoms with E-state index in [9.17, 15) is 5.26 Å². The predicted octanol–water partition coefficient (Wildman–Crippen LogP) is 4.66. The molecule has 1 aromatic heterocycles. The van der Waals surface area contributed by atoms with Gasteiger partial charge >= 0.3 is 0 Å². The second-order valence-corrected chi connectivity index (χ2v) is 6.50. The Morgan fingerprint density at radius 2 is 2.20 bits per heavy atom. The fourth-order valence-corrected chi connectivity index (χ4v) is 4.31. The van der Waals surface area contributed by atoms with Gasteiger partial charge in [-0.15, -0.1) is 0 Å². The second-order valence-electron chi connectivity index (χ2n) is 3.90. The first-order chi connectivity index (χ1) is 9.79. The molecule has 2 aromatic rings. The number of halogens is 1. The molecule has 0 amide bonds. The van der Waals surface area contributed by atoms with E-state index in [0.717, 1.165) is 14.7 Å². The van der Waals surface area contributed by atoms with Gasteiger partial charge in [0.15, 0.2) is 0 Å². The van der Waals surface area contributed by atoms with Crippen LogP contribution in [0.5, 0.6) is 0 Å². The largest absolute Gasteiger partial charge is 0.296 e. The van der Waals surface area contributed by atoms with Crippen molar-refractivity contribution < 1.29 is 0 Å². The van der Waals surface area contributed by atoms with Crippen LogP contribution in [-0.4, -0.2) is 9.55 Å². The smallest absolute Gasteiger partial charge is 0.146 e. The molecule has 20 heavy (non-hydrogen) atoms. The lowest BCUT2D eigenvalue weighted by Gasteiger charge is -2.05. The molecule has 0 N–H and O–H groups in total. The molecule has 0 saturated carbocycles. The van der Waals surface area contributed by atoms with Crippen LogP contribution in [0.2, 0.25) is 5.02 Å². The molecule has 0 unspecified atom stereocenters. The summed E-state index contributed by atoms with van der Waals surface area (Å²) in [7, 11) is 0. The maximum atomic E-state index is 9.34. The van der Waals surface area contributed by atoms with E-state index in [2.05, 4.69) is 11.1 Å². The maximum Gasteiger partial charge on any atom is 0.146 e. The maximum absolute atomic E-state index is 9.34. The van der Waals surface area contributed by atoms with Crippen LogP contribution >= 0.6 is 35.1 Å². The van der Waals surface area contributed by atoms with Gasteiger partial charge in [-0.05, 0) is 11.5 Å². The third-order valence-electron chi connectivity index (χ3n) is 2.68. The molecular weight excluding hydrogens is 310 g/mol. The van der Waals surface area contributed by atoms with E-state index in [4.69, 9.17) is 11.6 Å². The normalized spacial score (nSPS) is 16.7. The van der Waals surface area contributed by atoms with Crippen molar-refractivity contribution in [3.8, 4) is 6.07 Å². The molecule has 3 nitrogen and oxygen atoms in total. The van der Waals surface area contributed by atoms with E-state index < -0.39 is 0 Å². The molecule has 2 heterocycles. The van der Waals surface area contributed by atoms with Crippen molar-refractivity contribution in [2.45, 2.75) is 0 Å². The zero-order chi connectivity index (χ0) is 13.9. The predicted molar refractivity (Wildman–Crippen MR) is 85.7 cm³/mol. The lowest BCUT2D eigenvalue weighted by Crippen LogP contribution is -1.92. The fourth-order valence-electron chi connectivity index (χ4n) is 1.74. The highest BCUT2D eigenvalue weighted by Gasteiger charge is 2.20. The van der Waals surface area contributed by atoms with Crippen molar-refractivity contribution in [2.75, 3.05) is 0 Å². The summed E-state index contributed by atoms with van der Waals surface area (Å²) in [6, 6.07) is 9.93. The van der Waals surface area contributed by atoms with Gasteiger partial charge in [0.2, 0.25) is 0 Å². The Kier molecular flexibility index (Phi) is 3.88. The molecule has 1 aliphatic rings. The summed E-state index contributed by atoms with van der Waals surface area (Å²) < 4.78 is 2.65. The van der Waals surface area contributed by atoms with Gasteiger partial charge in [-0.3, -0.25) is 4.57 Å². The van der Waals surface area contributed by atoms with Gasteiger partial charge in [0, 0.05) is 27.9 Å². The summed E-state index contributed by atoms with van der Waals surface area (Å²) in [6.45, 7) is 0. The van der Waals surface area contributed by atoms with E-state index in [1.165, 1.54) is 11.8 Å². The van der Waals surface area contributed by atoms with E-state index >= 15 is 0 Å². The Hall–Kier alpha value is -1.61. The van der Waals surface area contributed by atoms with E-state index in [1.54, 1.807) is 35.0 Å². The van der Waals surface area contributed by atoms with E-state index in [1.807, 2.05) is 29.7 Å². The highest BCUT2D eigenvalue weighted by Crippen LogP contribution is 2.51. The van der Waals surface area contributed by atoms with Crippen molar-refractivity contribution in [1.29, 1.82) is 5.26 Å². The van der Waals surface area contributed by atoms with Gasteiger partial charge in [0.25, 0.3) is 0 Å². The second kappa shape index (κ2) is 5.80. The zero-order valence-electron chi connectivity index (χ0n) is 10.2. The number of nitriles is 1. The molecule has 0 spiro atoms. The molecular formula is C14H8ClN3S2. The Morgan fingerprint density at radius 3 is 2.90 bits per heavy atom. The molecule has 98 valence electrons. The lowest BCUT2D eigenvalue weighted by molar-refractivity contribution is 1.10. The number of allylic oxidation sites excluding steroid dienone is 1. The van der Waals surface area contributed by atoms with Crippen molar-refractivity contribution in [1.82, 2.24) is 9.55 Å². The summed E-state index contributed by atoms with van der Waals surface area (Å²) in [5, 5.41) is 12.1. The minimum atomic E-state index is 0.579. The Bertz CT molecular complexity index is 742. The average molecular weight is 318 g/mol. The van der Waals surface area contributed by atoms with Crippen LogP contribution in [0.15, 0.2) is 52.6 Å². The van der Waals surface area contributed by atoms with Crippen LogP contribution in [0.3, 0.4) is 0 Å². The third-order valence-corrected chi connectivity index (χ3v) is 5.39. The van der Waals surface area contributed by atoms with Crippen LogP contribution < -0.4 is 0 Å². The SMILES string of the molecule is N#CC(=C1SC=C(c2ccccc2Cl)S1)n1ccnc1. The number of hydrogen-bond acceptors (Lipinski definition) is 4. The third kappa shape index (κ3) is 2.50. The minimum Gasteiger partial charge on any atom is -0.296 e. The topological polar surface area (TPSA) is 41.6 Å². The summed E-state index contributed by atoms with van der Waals surface area (Å²) >= 11 is 9.30. The Balaban J connectivity index is 1.93. The van der Waals surface area contributed by atoms with Crippen molar-refractivity contribution in [3.05, 3.63) is 63.2 Å². The Labute approximate surface area is 130 Å². The molecule has 1 aliphatic heterocycles. The molecule has 6 heteroatoms. The highest BCUT2D eigenvalue weighted by molar-refractivity contribution is 8.31. The summed E-state index contributed by atoms with van der Waals surface area (Å²) in [6.07, 6.45) is 5.05. The first-order valence-electron chi connectivity index (χ1n) is 5.72. The number of rotatable bonds is 2. The van der Waals surface area contributed by atoms with Gasteiger partial charge < -0.3 is 0 Å². The van der Waals surface area contributed by atoms with E-state index in [-0.39, 0.29) is 0 Å².